The predicted molar refractivity (Wildman–Crippen MR) is 105 cm³/mol. The summed E-state index contributed by atoms with van der Waals surface area (Å²) in [5.74, 6) is 0.201. The second-order valence-corrected chi connectivity index (χ2v) is 7.24. The maximum absolute atomic E-state index is 12.6. The Morgan fingerprint density at radius 2 is 1.47 bits per heavy atom. The average Bonchev–Trinajstić information content (AvgIpc) is 2.74. The summed E-state index contributed by atoms with van der Waals surface area (Å²) in [6, 6.07) is 11.0. The Kier molecular flexibility index (Phi) is 6.87. The number of piperazine rings is 1. The van der Waals surface area contributed by atoms with Crippen molar-refractivity contribution >= 4 is 23.4 Å². The molecule has 1 fully saturated rings. The maximum atomic E-state index is 12.6. The molecule has 9 heteroatoms. The van der Waals surface area contributed by atoms with Crippen LogP contribution in [0.25, 0.3) is 0 Å². The minimum atomic E-state index is -4.44. The second-order valence-electron chi connectivity index (χ2n) is 6.80. The molecule has 0 atom stereocenters. The summed E-state index contributed by atoms with van der Waals surface area (Å²) in [7, 11) is 0. The molecule has 0 aromatic heterocycles. The number of carbonyl (C=O) groups excluding carboxylic acids is 2. The molecule has 160 valence electrons. The van der Waals surface area contributed by atoms with E-state index in [-0.39, 0.29) is 30.4 Å². The average molecular weight is 441 g/mol. The zero-order valence-electron chi connectivity index (χ0n) is 16.0. The Balaban J connectivity index is 1.45. The molecule has 2 amide bonds. The van der Waals surface area contributed by atoms with Crippen LogP contribution in [0, 0.1) is 0 Å². The molecule has 2 aromatic carbocycles. The lowest BCUT2D eigenvalue weighted by atomic mass is 10.1. The van der Waals surface area contributed by atoms with Crippen LogP contribution in [0.2, 0.25) is 5.02 Å². The fraction of sp³-hybridized carbons (Fsp3) is 0.333. The first-order chi connectivity index (χ1) is 14.2. The van der Waals surface area contributed by atoms with Crippen LogP contribution >= 0.6 is 11.6 Å². The largest absolute Gasteiger partial charge is 0.493 e. The van der Waals surface area contributed by atoms with Gasteiger partial charge in [-0.1, -0.05) is 11.6 Å². The molecule has 1 saturated heterocycles. The summed E-state index contributed by atoms with van der Waals surface area (Å²) in [5, 5.41) is 0.599. The van der Waals surface area contributed by atoms with Gasteiger partial charge in [0.05, 0.1) is 18.6 Å². The molecule has 5 nitrogen and oxygen atoms in total. The summed E-state index contributed by atoms with van der Waals surface area (Å²) in [6.45, 7) is 1.61. The van der Waals surface area contributed by atoms with E-state index in [1.807, 2.05) is 0 Å². The highest BCUT2D eigenvalue weighted by Crippen LogP contribution is 2.29. The van der Waals surface area contributed by atoms with E-state index in [1.54, 1.807) is 29.2 Å². The molecule has 1 aliphatic rings. The molecule has 1 aliphatic heterocycles. The zero-order chi connectivity index (χ0) is 21.7. The fourth-order valence-electron chi connectivity index (χ4n) is 3.09. The van der Waals surface area contributed by atoms with E-state index in [9.17, 15) is 22.8 Å². The van der Waals surface area contributed by atoms with Gasteiger partial charge in [0.25, 0.3) is 5.91 Å². The third-order valence-electron chi connectivity index (χ3n) is 4.78. The summed E-state index contributed by atoms with van der Waals surface area (Å²) in [4.78, 5) is 28.0. The fourth-order valence-corrected chi connectivity index (χ4v) is 3.21. The van der Waals surface area contributed by atoms with Crippen molar-refractivity contribution in [3.63, 3.8) is 0 Å². The molecule has 2 aromatic rings. The van der Waals surface area contributed by atoms with Crippen LogP contribution in [0.5, 0.6) is 5.75 Å². The number of rotatable bonds is 5. The van der Waals surface area contributed by atoms with E-state index in [2.05, 4.69) is 0 Å². The van der Waals surface area contributed by atoms with Crippen LogP contribution in [0.1, 0.15) is 22.3 Å². The highest BCUT2D eigenvalue weighted by Gasteiger charge is 2.31. The van der Waals surface area contributed by atoms with Crippen molar-refractivity contribution in [2.24, 2.45) is 0 Å². The van der Waals surface area contributed by atoms with Crippen molar-refractivity contribution in [1.82, 2.24) is 9.80 Å². The smallest absolute Gasteiger partial charge is 0.416 e. The monoisotopic (exact) mass is 440 g/mol. The van der Waals surface area contributed by atoms with Crippen LogP contribution in [-0.4, -0.2) is 54.4 Å². The van der Waals surface area contributed by atoms with Crippen molar-refractivity contribution in [3.05, 3.63) is 64.7 Å². The number of benzene rings is 2. The molecular formula is C21H20ClF3N2O3. The minimum absolute atomic E-state index is 0.0782. The van der Waals surface area contributed by atoms with E-state index in [1.165, 1.54) is 17.0 Å². The van der Waals surface area contributed by atoms with Gasteiger partial charge in [-0.25, -0.2) is 0 Å². The molecule has 30 heavy (non-hydrogen) atoms. The van der Waals surface area contributed by atoms with Gasteiger partial charge in [-0.05, 0) is 48.5 Å². The minimum Gasteiger partial charge on any atom is -0.493 e. The number of halogens is 4. The number of hydrogen-bond acceptors (Lipinski definition) is 3. The topological polar surface area (TPSA) is 49.9 Å². The van der Waals surface area contributed by atoms with Crippen LogP contribution in [-0.2, 0) is 11.0 Å². The van der Waals surface area contributed by atoms with Crippen molar-refractivity contribution in [2.45, 2.75) is 12.6 Å². The van der Waals surface area contributed by atoms with Gasteiger partial charge in [-0.3, -0.25) is 9.59 Å². The molecule has 0 radical (unpaired) electrons. The summed E-state index contributed by atoms with van der Waals surface area (Å²) in [6.07, 6.45) is -4.24. The summed E-state index contributed by atoms with van der Waals surface area (Å²) >= 11 is 5.81. The van der Waals surface area contributed by atoms with Crippen molar-refractivity contribution in [3.8, 4) is 5.75 Å². The van der Waals surface area contributed by atoms with E-state index < -0.39 is 11.7 Å². The second kappa shape index (κ2) is 9.38. The highest BCUT2D eigenvalue weighted by atomic mass is 35.5. The lowest BCUT2D eigenvalue weighted by molar-refractivity contribution is -0.137. The summed E-state index contributed by atoms with van der Waals surface area (Å²) in [5.41, 5.74) is -0.602. The van der Waals surface area contributed by atoms with Gasteiger partial charge < -0.3 is 14.5 Å². The molecule has 0 bridgehead atoms. The first kappa shape index (κ1) is 22.0. The maximum Gasteiger partial charge on any atom is 0.416 e. The molecular weight excluding hydrogens is 421 g/mol. The summed E-state index contributed by atoms with van der Waals surface area (Å²) < 4.78 is 43.5. The van der Waals surface area contributed by atoms with Crippen molar-refractivity contribution in [1.29, 1.82) is 0 Å². The number of hydrogen-bond donors (Lipinski definition) is 0. The number of carbonyl (C=O) groups is 2. The normalized spacial score (nSPS) is 14.5. The van der Waals surface area contributed by atoms with Gasteiger partial charge in [0.15, 0.2) is 0 Å². The quantitative estimate of drug-likeness (QED) is 0.703. The third kappa shape index (κ3) is 5.66. The standard InChI is InChI=1S/C21H20ClF3N2O3/c22-17-5-7-18(8-6-17)30-14-9-19(28)26-10-12-27(13-11-26)20(29)15-1-3-16(4-2-15)21(23,24)25/h1-8H,9-14H2. The Morgan fingerprint density at radius 1 is 0.900 bits per heavy atom. The SMILES string of the molecule is O=C(CCOc1ccc(Cl)cc1)N1CCN(C(=O)c2ccc(C(F)(F)F)cc2)CC1. The highest BCUT2D eigenvalue weighted by molar-refractivity contribution is 6.30. The Hall–Kier alpha value is -2.74. The van der Waals surface area contributed by atoms with Gasteiger partial charge in [0.1, 0.15) is 5.75 Å². The van der Waals surface area contributed by atoms with Crippen LogP contribution < -0.4 is 4.74 Å². The molecule has 0 N–H and O–H groups in total. The van der Waals surface area contributed by atoms with Crippen molar-refractivity contribution in [2.75, 3.05) is 32.8 Å². The van der Waals surface area contributed by atoms with Crippen molar-refractivity contribution < 1.29 is 27.5 Å². The van der Waals surface area contributed by atoms with Gasteiger partial charge in [-0.15, -0.1) is 0 Å². The van der Waals surface area contributed by atoms with Gasteiger partial charge in [0.2, 0.25) is 5.91 Å². The number of nitrogens with zero attached hydrogens (tertiary/aromatic N) is 2. The van der Waals surface area contributed by atoms with Gasteiger partial charge in [0, 0.05) is 36.8 Å². The Labute approximate surface area is 177 Å². The van der Waals surface area contributed by atoms with E-state index >= 15 is 0 Å². The number of alkyl halides is 3. The van der Waals surface area contributed by atoms with Crippen LogP contribution in [0.4, 0.5) is 13.2 Å². The Bertz CT molecular complexity index is 878. The first-order valence-electron chi connectivity index (χ1n) is 9.37. The molecule has 3 rings (SSSR count). The van der Waals surface area contributed by atoms with E-state index in [0.29, 0.717) is 37.0 Å². The molecule has 0 aliphatic carbocycles. The van der Waals surface area contributed by atoms with Gasteiger partial charge in [-0.2, -0.15) is 13.2 Å². The number of ether oxygens (including phenoxy) is 1. The molecule has 1 heterocycles. The predicted octanol–water partition coefficient (Wildman–Crippen LogP) is 4.11. The van der Waals surface area contributed by atoms with Crippen LogP contribution in [0.3, 0.4) is 0 Å². The van der Waals surface area contributed by atoms with E-state index in [4.69, 9.17) is 16.3 Å². The van der Waals surface area contributed by atoms with Gasteiger partial charge >= 0.3 is 6.18 Å². The third-order valence-corrected chi connectivity index (χ3v) is 5.03. The first-order valence-corrected chi connectivity index (χ1v) is 9.74. The van der Waals surface area contributed by atoms with E-state index in [0.717, 1.165) is 12.1 Å². The Morgan fingerprint density at radius 3 is 2.03 bits per heavy atom. The number of amides is 2. The molecule has 0 saturated carbocycles. The lowest BCUT2D eigenvalue weighted by Crippen LogP contribution is -2.50. The van der Waals surface area contributed by atoms with Crippen LogP contribution in [0.15, 0.2) is 48.5 Å². The lowest BCUT2D eigenvalue weighted by Gasteiger charge is -2.35. The molecule has 0 unspecified atom stereocenters. The molecule has 0 spiro atoms. The zero-order valence-corrected chi connectivity index (χ0v) is 16.7.